The molecule has 0 bridgehead atoms. The summed E-state index contributed by atoms with van der Waals surface area (Å²) in [5, 5.41) is 0. The summed E-state index contributed by atoms with van der Waals surface area (Å²) in [6, 6.07) is 0.486. The summed E-state index contributed by atoms with van der Waals surface area (Å²) in [6.07, 6.45) is 3.20. The van der Waals surface area contributed by atoms with Crippen molar-refractivity contribution < 1.29 is 4.79 Å². The lowest BCUT2D eigenvalue weighted by Gasteiger charge is -2.39. The molecule has 4 nitrogen and oxygen atoms in total. The molecule has 88 valence electrons. The topological polar surface area (TPSA) is 49.6 Å². The lowest BCUT2D eigenvalue weighted by Crippen LogP contribution is -2.52. The molecule has 2 atom stereocenters. The average molecular weight is 213 g/mol. The number of hydrogen-bond donors (Lipinski definition) is 1. The Morgan fingerprint density at radius 3 is 2.73 bits per heavy atom. The summed E-state index contributed by atoms with van der Waals surface area (Å²) in [5.41, 5.74) is 5.41. The zero-order valence-electron chi connectivity index (χ0n) is 10.1. The van der Waals surface area contributed by atoms with Crippen LogP contribution < -0.4 is 5.73 Å². The Morgan fingerprint density at radius 2 is 2.27 bits per heavy atom. The van der Waals surface area contributed by atoms with E-state index in [1.165, 1.54) is 6.42 Å². The molecule has 1 amide bonds. The van der Waals surface area contributed by atoms with Crippen LogP contribution in [0, 0.1) is 0 Å². The lowest BCUT2D eigenvalue weighted by molar-refractivity contribution is -0.124. The first-order chi connectivity index (χ1) is 7.06. The van der Waals surface area contributed by atoms with Gasteiger partial charge in [0.1, 0.15) is 0 Å². The van der Waals surface area contributed by atoms with E-state index in [0.717, 1.165) is 25.9 Å². The molecule has 1 fully saturated rings. The number of nitrogens with zero attached hydrogens (tertiary/aromatic N) is 2. The standard InChI is InChI=1S/C11H23N3O/c1-4-10(11(12)15)14-7-5-6-9(8-14)13(2)3/h9-10H,4-8H2,1-3H3,(H2,12,15). The monoisotopic (exact) mass is 213 g/mol. The third-order valence-corrected chi connectivity index (χ3v) is 3.31. The molecular formula is C11H23N3O. The molecule has 0 aromatic heterocycles. The van der Waals surface area contributed by atoms with Crippen molar-refractivity contribution in [2.45, 2.75) is 38.3 Å². The minimum Gasteiger partial charge on any atom is -0.368 e. The second-order valence-electron chi connectivity index (χ2n) is 4.58. The quantitative estimate of drug-likeness (QED) is 0.729. The van der Waals surface area contributed by atoms with Gasteiger partial charge >= 0.3 is 0 Å². The van der Waals surface area contributed by atoms with Gasteiger partial charge in [-0.15, -0.1) is 0 Å². The molecule has 0 aromatic rings. The van der Waals surface area contributed by atoms with Gasteiger partial charge in [0.25, 0.3) is 0 Å². The molecule has 0 aliphatic carbocycles. The zero-order valence-corrected chi connectivity index (χ0v) is 10.1. The highest BCUT2D eigenvalue weighted by molar-refractivity contribution is 5.79. The van der Waals surface area contributed by atoms with E-state index in [-0.39, 0.29) is 11.9 Å². The lowest BCUT2D eigenvalue weighted by atomic mass is 10.0. The minimum absolute atomic E-state index is 0.0762. The normalized spacial score (nSPS) is 25.5. The van der Waals surface area contributed by atoms with Gasteiger partial charge in [0, 0.05) is 12.6 Å². The number of hydrogen-bond acceptors (Lipinski definition) is 3. The van der Waals surface area contributed by atoms with Gasteiger partial charge in [-0.1, -0.05) is 6.92 Å². The fourth-order valence-corrected chi connectivity index (χ4v) is 2.33. The van der Waals surface area contributed by atoms with E-state index in [2.05, 4.69) is 23.9 Å². The summed E-state index contributed by atoms with van der Waals surface area (Å²) < 4.78 is 0. The third-order valence-electron chi connectivity index (χ3n) is 3.31. The number of primary amides is 1. The van der Waals surface area contributed by atoms with Crippen molar-refractivity contribution in [3.63, 3.8) is 0 Å². The number of amides is 1. The number of carbonyl (C=O) groups excluding carboxylic acids is 1. The summed E-state index contributed by atoms with van der Waals surface area (Å²) in [6.45, 7) is 3.99. The Morgan fingerprint density at radius 1 is 1.60 bits per heavy atom. The predicted octanol–water partition coefficient (Wildman–Crippen LogP) is 0.276. The van der Waals surface area contributed by atoms with E-state index in [9.17, 15) is 4.79 Å². The molecule has 0 saturated carbocycles. The largest absolute Gasteiger partial charge is 0.368 e. The van der Waals surface area contributed by atoms with Crippen LogP contribution in [-0.2, 0) is 4.79 Å². The van der Waals surface area contributed by atoms with E-state index in [1.54, 1.807) is 0 Å². The van der Waals surface area contributed by atoms with Crippen molar-refractivity contribution in [2.75, 3.05) is 27.2 Å². The SMILES string of the molecule is CCC(C(N)=O)N1CCCC(N(C)C)C1. The second kappa shape index (κ2) is 5.47. The first-order valence-corrected chi connectivity index (χ1v) is 5.76. The molecule has 0 spiro atoms. The molecule has 1 heterocycles. The first kappa shape index (κ1) is 12.5. The number of nitrogens with two attached hydrogens (primary N) is 1. The van der Waals surface area contributed by atoms with E-state index in [1.807, 2.05) is 6.92 Å². The van der Waals surface area contributed by atoms with E-state index in [0.29, 0.717) is 6.04 Å². The van der Waals surface area contributed by atoms with E-state index in [4.69, 9.17) is 5.73 Å². The maximum Gasteiger partial charge on any atom is 0.234 e. The summed E-state index contributed by atoms with van der Waals surface area (Å²) in [4.78, 5) is 15.7. The van der Waals surface area contributed by atoms with Gasteiger partial charge in [0.15, 0.2) is 0 Å². The van der Waals surface area contributed by atoms with Crippen LogP contribution in [0.1, 0.15) is 26.2 Å². The highest BCUT2D eigenvalue weighted by Crippen LogP contribution is 2.17. The Bertz CT molecular complexity index is 218. The molecule has 1 saturated heterocycles. The fraction of sp³-hybridized carbons (Fsp3) is 0.909. The zero-order chi connectivity index (χ0) is 11.4. The van der Waals surface area contributed by atoms with Gasteiger partial charge in [-0.05, 0) is 39.9 Å². The van der Waals surface area contributed by atoms with Gasteiger partial charge in [-0.3, -0.25) is 9.69 Å². The average Bonchev–Trinajstić information content (AvgIpc) is 2.18. The number of piperidine rings is 1. The number of likely N-dealkylation sites (tertiary alicyclic amines) is 1. The fourth-order valence-electron chi connectivity index (χ4n) is 2.33. The van der Waals surface area contributed by atoms with Crippen molar-refractivity contribution >= 4 is 5.91 Å². The van der Waals surface area contributed by atoms with Crippen LogP contribution in [-0.4, -0.2) is 55.0 Å². The highest BCUT2D eigenvalue weighted by atomic mass is 16.1. The predicted molar refractivity (Wildman–Crippen MR) is 61.6 cm³/mol. The van der Waals surface area contributed by atoms with Gasteiger partial charge < -0.3 is 10.6 Å². The van der Waals surface area contributed by atoms with Gasteiger partial charge in [-0.25, -0.2) is 0 Å². The van der Waals surface area contributed by atoms with Gasteiger partial charge in [0.05, 0.1) is 6.04 Å². The van der Waals surface area contributed by atoms with Crippen molar-refractivity contribution in [2.24, 2.45) is 5.73 Å². The number of rotatable bonds is 4. The maximum atomic E-state index is 11.3. The Labute approximate surface area is 92.4 Å². The molecule has 2 unspecified atom stereocenters. The minimum atomic E-state index is -0.183. The van der Waals surface area contributed by atoms with Crippen molar-refractivity contribution in [3.05, 3.63) is 0 Å². The molecule has 1 aliphatic heterocycles. The summed E-state index contributed by atoms with van der Waals surface area (Å²) in [5.74, 6) is -0.183. The third kappa shape index (κ3) is 3.18. The second-order valence-corrected chi connectivity index (χ2v) is 4.58. The molecule has 1 aliphatic rings. The molecule has 0 aromatic carbocycles. The molecule has 2 N–H and O–H groups in total. The van der Waals surface area contributed by atoms with Crippen LogP contribution in [0.2, 0.25) is 0 Å². The van der Waals surface area contributed by atoms with E-state index >= 15 is 0 Å². The van der Waals surface area contributed by atoms with Crippen molar-refractivity contribution in [1.82, 2.24) is 9.80 Å². The first-order valence-electron chi connectivity index (χ1n) is 5.76. The number of likely N-dealkylation sites (N-methyl/N-ethyl adjacent to an activating group) is 1. The van der Waals surface area contributed by atoms with E-state index < -0.39 is 0 Å². The number of carbonyl (C=O) groups is 1. The van der Waals surface area contributed by atoms with Crippen LogP contribution >= 0.6 is 0 Å². The maximum absolute atomic E-state index is 11.3. The van der Waals surface area contributed by atoms with Gasteiger partial charge in [-0.2, -0.15) is 0 Å². The molecule has 0 radical (unpaired) electrons. The Kier molecular flexibility index (Phi) is 4.54. The summed E-state index contributed by atoms with van der Waals surface area (Å²) >= 11 is 0. The van der Waals surface area contributed by atoms with Crippen LogP contribution in [0.25, 0.3) is 0 Å². The summed E-state index contributed by atoms with van der Waals surface area (Å²) in [7, 11) is 4.19. The van der Waals surface area contributed by atoms with Crippen LogP contribution in [0.4, 0.5) is 0 Å². The highest BCUT2D eigenvalue weighted by Gasteiger charge is 2.28. The molecule has 1 rings (SSSR count). The van der Waals surface area contributed by atoms with Crippen molar-refractivity contribution in [1.29, 1.82) is 0 Å². The smallest absolute Gasteiger partial charge is 0.234 e. The Hall–Kier alpha value is -0.610. The Balaban J connectivity index is 2.58. The van der Waals surface area contributed by atoms with Gasteiger partial charge in [0.2, 0.25) is 5.91 Å². The van der Waals surface area contributed by atoms with Crippen LogP contribution in [0.5, 0.6) is 0 Å². The van der Waals surface area contributed by atoms with Crippen LogP contribution in [0.15, 0.2) is 0 Å². The molecular weight excluding hydrogens is 190 g/mol. The molecule has 15 heavy (non-hydrogen) atoms. The van der Waals surface area contributed by atoms with Crippen LogP contribution in [0.3, 0.4) is 0 Å². The van der Waals surface area contributed by atoms with Crippen molar-refractivity contribution in [3.8, 4) is 0 Å². The molecule has 4 heteroatoms.